The molecule has 0 heterocycles. The van der Waals surface area contributed by atoms with Crippen LogP contribution in [0.4, 0.5) is 5.69 Å². The minimum atomic E-state index is -3.59. The monoisotopic (exact) mass is 349 g/mol. The van der Waals surface area contributed by atoms with E-state index in [0.717, 1.165) is 23.1 Å². The number of carbonyl (C=O) groups excluding carboxylic acids is 1. The summed E-state index contributed by atoms with van der Waals surface area (Å²) in [5.74, 6) is 0.351. The van der Waals surface area contributed by atoms with Crippen LogP contribution < -0.4 is 4.72 Å². The molecule has 0 amide bonds. The summed E-state index contributed by atoms with van der Waals surface area (Å²) in [6.45, 7) is 9.94. The summed E-state index contributed by atoms with van der Waals surface area (Å²) in [6.07, 6.45) is 2.18. The number of rotatable bonds is 4. The molecule has 2 fully saturated rings. The zero-order valence-electron chi connectivity index (χ0n) is 15.2. The Kier molecular flexibility index (Phi) is 3.87. The van der Waals surface area contributed by atoms with Crippen molar-refractivity contribution >= 4 is 21.5 Å². The van der Waals surface area contributed by atoms with E-state index in [0.29, 0.717) is 24.4 Å². The van der Waals surface area contributed by atoms with Crippen LogP contribution in [0.25, 0.3) is 0 Å². The van der Waals surface area contributed by atoms with Crippen molar-refractivity contribution in [3.05, 3.63) is 28.8 Å². The predicted octanol–water partition coefficient (Wildman–Crippen LogP) is 3.75. The van der Waals surface area contributed by atoms with Gasteiger partial charge in [-0.1, -0.05) is 31.5 Å². The number of sulfonamides is 1. The zero-order chi connectivity index (χ0) is 17.9. The van der Waals surface area contributed by atoms with Gasteiger partial charge in [-0.3, -0.25) is 9.52 Å². The molecule has 2 atom stereocenters. The Morgan fingerprint density at radius 3 is 2.21 bits per heavy atom. The molecular weight excluding hydrogens is 322 g/mol. The molecule has 4 nitrogen and oxygen atoms in total. The van der Waals surface area contributed by atoms with Gasteiger partial charge in [0.2, 0.25) is 10.0 Å². The Morgan fingerprint density at radius 2 is 1.75 bits per heavy atom. The number of hydrogen-bond donors (Lipinski definition) is 1. The lowest BCUT2D eigenvalue weighted by Gasteiger charge is -2.36. The van der Waals surface area contributed by atoms with Gasteiger partial charge in [-0.25, -0.2) is 8.42 Å². The number of hydrogen-bond acceptors (Lipinski definition) is 3. The molecule has 132 valence electrons. The van der Waals surface area contributed by atoms with Crippen molar-refractivity contribution in [2.24, 2.45) is 16.7 Å². The lowest BCUT2D eigenvalue weighted by molar-refractivity contribution is -0.128. The number of benzene rings is 1. The molecule has 2 aliphatic carbocycles. The van der Waals surface area contributed by atoms with Gasteiger partial charge in [0.05, 0.1) is 16.9 Å². The first-order valence-electron chi connectivity index (χ1n) is 8.60. The average molecular weight is 349 g/mol. The van der Waals surface area contributed by atoms with Gasteiger partial charge in [0.1, 0.15) is 5.78 Å². The largest absolute Gasteiger partial charge is 0.299 e. The molecule has 0 aliphatic heterocycles. The third-order valence-electron chi connectivity index (χ3n) is 6.51. The van der Waals surface area contributed by atoms with E-state index in [1.165, 1.54) is 0 Å². The van der Waals surface area contributed by atoms with Crippen LogP contribution in [0.5, 0.6) is 0 Å². The van der Waals surface area contributed by atoms with Crippen molar-refractivity contribution in [2.45, 2.75) is 53.9 Å². The molecule has 0 radical (unpaired) electrons. The quantitative estimate of drug-likeness (QED) is 0.900. The second-order valence-electron chi connectivity index (χ2n) is 8.30. The lowest BCUT2D eigenvalue weighted by Crippen LogP contribution is -2.43. The Labute approximate surface area is 145 Å². The molecule has 2 aliphatic rings. The van der Waals surface area contributed by atoms with Gasteiger partial charge < -0.3 is 0 Å². The van der Waals surface area contributed by atoms with Crippen LogP contribution in [-0.2, 0) is 14.8 Å². The second-order valence-corrected chi connectivity index (χ2v) is 10.0. The topological polar surface area (TPSA) is 63.2 Å². The van der Waals surface area contributed by atoms with Crippen LogP contribution in [0.3, 0.4) is 0 Å². The predicted molar refractivity (Wildman–Crippen MR) is 96.6 cm³/mol. The third kappa shape index (κ3) is 2.48. The summed E-state index contributed by atoms with van der Waals surface area (Å²) in [4.78, 5) is 12.6. The van der Waals surface area contributed by atoms with Crippen molar-refractivity contribution in [1.82, 2.24) is 0 Å². The number of anilines is 1. The minimum Gasteiger partial charge on any atom is -0.299 e. The summed E-state index contributed by atoms with van der Waals surface area (Å²) >= 11 is 0. The minimum absolute atomic E-state index is 0.102. The van der Waals surface area contributed by atoms with Crippen molar-refractivity contribution in [1.29, 1.82) is 0 Å². The first-order chi connectivity index (χ1) is 11.0. The fourth-order valence-corrected chi connectivity index (χ4v) is 7.00. The van der Waals surface area contributed by atoms with Gasteiger partial charge in [0, 0.05) is 6.42 Å². The Hall–Kier alpha value is -1.36. The molecule has 0 saturated heterocycles. The van der Waals surface area contributed by atoms with E-state index < -0.39 is 15.4 Å². The number of fused-ring (bicyclic) bond motifs is 2. The first-order valence-corrected chi connectivity index (χ1v) is 10.3. The van der Waals surface area contributed by atoms with Gasteiger partial charge in [-0.05, 0) is 56.1 Å². The summed E-state index contributed by atoms with van der Waals surface area (Å²) in [5, 5.41) is 0. The Bertz CT molecular complexity index is 787. The maximum absolute atomic E-state index is 12.9. The van der Waals surface area contributed by atoms with Crippen LogP contribution in [-0.4, -0.2) is 20.0 Å². The summed E-state index contributed by atoms with van der Waals surface area (Å²) in [6, 6.07) is 3.94. The standard InChI is InChI=1S/C19H27NO3S/c1-12-8-13(2)17(14(3)9-12)20-24(22,23)11-19-7-6-15(10-16(19)21)18(19,4)5/h8-9,15,20H,6-7,10-11H2,1-5H3. The van der Waals surface area contributed by atoms with Gasteiger partial charge in [-0.15, -0.1) is 0 Å². The molecule has 24 heavy (non-hydrogen) atoms. The smallest absolute Gasteiger partial charge is 0.233 e. The van der Waals surface area contributed by atoms with E-state index in [1.54, 1.807) is 0 Å². The summed E-state index contributed by atoms with van der Waals surface area (Å²) in [7, 11) is -3.59. The second kappa shape index (κ2) is 5.32. The maximum Gasteiger partial charge on any atom is 0.233 e. The van der Waals surface area contributed by atoms with E-state index in [9.17, 15) is 13.2 Å². The number of ketones is 1. The molecule has 2 unspecified atom stereocenters. The zero-order valence-corrected chi connectivity index (χ0v) is 16.0. The van der Waals surface area contributed by atoms with E-state index in [2.05, 4.69) is 18.6 Å². The SMILES string of the molecule is Cc1cc(C)c(NS(=O)(=O)CC23CCC(CC2=O)C3(C)C)c(C)c1. The van der Waals surface area contributed by atoms with Crippen LogP contribution in [0, 0.1) is 37.5 Å². The molecule has 1 aromatic carbocycles. The van der Waals surface area contributed by atoms with E-state index in [4.69, 9.17) is 0 Å². The fraction of sp³-hybridized carbons (Fsp3) is 0.632. The van der Waals surface area contributed by atoms with Crippen LogP contribution in [0.1, 0.15) is 49.8 Å². The van der Waals surface area contributed by atoms with Gasteiger partial charge in [0.25, 0.3) is 0 Å². The summed E-state index contributed by atoms with van der Waals surface area (Å²) in [5.41, 5.74) is 2.61. The van der Waals surface area contributed by atoms with E-state index in [-0.39, 0.29) is 17.0 Å². The van der Waals surface area contributed by atoms with E-state index >= 15 is 0 Å². The van der Waals surface area contributed by atoms with E-state index in [1.807, 2.05) is 32.9 Å². The van der Waals surface area contributed by atoms with Crippen molar-refractivity contribution in [3.8, 4) is 0 Å². The highest BCUT2D eigenvalue weighted by molar-refractivity contribution is 7.92. The number of nitrogens with one attached hydrogen (secondary N) is 1. The highest BCUT2D eigenvalue weighted by atomic mass is 32.2. The molecule has 5 heteroatoms. The normalized spacial score (nSPS) is 28.4. The number of carbonyl (C=O) groups is 1. The van der Waals surface area contributed by atoms with Gasteiger partial charge in [-0.2, -0.15) is 0 Å². The molecule has 0 spiro atoms. The van der Waals surface area contributed by atoms with Crippen LogP contribution >= 0.6 is 0 Å². The van der Waals surface area contributed by atoms with Gasteiger partial charge in [0.15, 0.2) is 0 Å². The molecule has 2 bridgehead atoms. The molecule has 1 aromatic rings. The maximum atomic E-state index is 12.9. The molecule has 0 aromatic heterocycles. The molecule has 3 rings (SSSR count). The molecular formula is C19H27NO3S. The fourth-order valence-electron chi connectivity index (χ4n) is 4.97. The van der Waals surface area contributed by atoms with Crippen molar-refractivity contribution in [3.63, 3.8) is 0 Å². The highest BCUT2D eigenvalue weighted by Gasteiger charge is 2.65. The van der Waals surface area contributed by atoms with Crippen LogP contribution in [0.2, 0.25) is 0 Å². The number of aryl methyl sites for hydroxylation is 3. The first kappa shape index (κ1) is 17.5. The Morgan fingerprint density at radius 1 is 1.17 bits per heavy atom. The third-order valence-corrected chi connectivity index (χ3v) is 7.90. The van der Waals surface area contributed by atoms with Crippen molar-refractivity contribution < 1.29 is 13.2 Å². The number of Topliss-reactive ketones (excluding diaryl/α,β-unsaturated/α-hetero) is 1. The van der Waals surface area contributed by atoms with Crippen molar-refractivity contribution in [2.75, 3.05) is 10.5 Å². The molecule has 2 saturated carbocycles. The highest BCUT2D eigenvalue weighted by Crippen LogP contribution is 2.64. The van der Waals surface area contributed by atoms with Crippen LogP contribution in [0.15, 0.2) is 12.1 Å². The Balaban J connectivity index is 1.92. The lowest BCUT2D eigenvalue weighted by atomic mass is 9.70. The molecule has 1 N–H and O–H groups in total. The average Bonchev–Trinajstić information content (AvgIpc) is 2.76. The van der Waals surface area contributed by atoms with Gasteiger partial charge >= 0.3 is 0 Å². The summed E-state index contributed by atoms with van der Waals surface area (Å²) < 4.78 is 28.6.